The van der Waals surface area contributed by atoms with Crippen molar-refractivity contribution in [2.75, 3.05) is 24.5 Å². The number of benzene rings is 1. The van der Waals surface area contributed by atoms with Gasteiger partial charge in [-0.1, -0.05) is 24.6 Å². The van der Waals surface area contributed by atoms with E-state index < -0.39 is 11.9 Å². The third-order valence-electron chi connectivity index (χ3n) is 4.60. The average Bonchev–Trinajstić information content (AvgIpc) is 2.91. The van der Waals surface area contributed by atoms with E-state index in [1.165, 1.54) is 19.3 Å². The Morgan fingerprint density at radius 1 is 1.18 bits per heavy atom. The molecule has 5 heteroatoms. The first-order chi connectivity index (χ1) is 10.6. The maximum Gasteiger partial charge on any atom is 0.308 e. The molecule has 0 aliphatic carbocycles. The fourth-order valence-corrected chi connectivity index (χ4v) is 3.37. The fourth-order valence-electron chi connectivity index (χ4n) is 3.37. The minimum absolute atomic E-state index is 0.0847. The van der Waals surface area contributed by atoms with Crippen LogP contribution in [0.25, 0.3) is 0 Å². The van der Waals surface area contributed by atoms with Crippen molar-refractivity contribution in [1.29, 1.82) is 0 Å². The number of piperidine rings is 1. The summed E-state index contributed by atoms with van der Waals surface area (Å²) in [7, 11) is 0. The highest BCUT2D eigenvalue weighted by Crippen LogP contribution is 2.29. The normalized spacial score (nSPS) is 23.0. The number of amides is 1. The van der Waals surface area contributed by atoms with E-state index >= 15 is 0 Å². The van der Waals surface area contributed by atoms with Crippen LogP contribution in [0.5, 0.6) is 0 Å². The Balaban J connectivity index is 1.79. The molecule has 1 amide bonds. The summed E-state index contributed by atoms with van der Waals surface area (Å²) in [5.74, 6) is -1.56. The van der Waals surface area contributed by atoms with Gasteiger partial charge >= 0.3 is 5.97 Å². The van der Waals surface area contributed by atoms with E-state index in [4.69, 9.17) is 5.11 Å². The Labute approximate surface area is 130 Å². The Kier molecular flexibility index (Phi) is 4.43. The molecule has 1 aromatic rings. The van der Waals surface area contributed by atoms with E-state index in [1.807, 2.05) is 24.3 Å². The summed E-state index contributed by atoms with van der Waals surface area (Å²) in [6.07, 6.45) is 3.86. The highest BCUT2D eigenvalue weighted by atomic mass is 16.4. The Morgan fingerprint density at radius 2 is 1.91 bits per heavy atom. The lowest BCUT2D eigenvalue weighted by molar-refractivity contribution is -0.141. The molecule has 0 saturated carbocycles. The van der Waals surface area contributed by atoms with E-state index in [9.17, 15) is 9.59 Å². The molecule has 1 atom stereocenters. The van der Waals surface area contributed by atoms with Gasteiger partial charge in [0.2, 0.25) is 5.91 Å². The zero-order valence-corrected chi connectivity index (χ0v) is 12.7. The molecule has 1 aromatic carbocycles. The minimum atomic E-state index is -0.885. The van der Waals surface area contributed by atoms with Gasteiger partial charge < -0.3 is 10.0 Å². The summed E-state index contributed by atoms with van der Waals surface area (Å²) in [4.78, 5) is 27.4. The van der Waals surface area contributed by atoms with Gasteiger partial charge in [-0.15, -0.1) is 0 Å². The van der Waals surface area contributed by atoms with E-state index in [0.29, 0.717) is 0 Å². The minimum Gasteiger partial charge on any atom is -0.481 e. The van der Waals surface area contributed by atoms with Crippen molar-refractivity contribution >= 4 is 17.6 Å². The van der Waals surface area contributed by atoms with E-state index in [2.05, 4.69) is 4.90 Å². The molecule has 1 N–H and O–H groups in total. The SMILES string of the molecule is O=C(O)C1CC(=O)N(c2ccccc2CN2CCCCC2)C1. The second kappa shape index (κ2) is 6.48. The van der Waals surface area contributed by atoms with Gasteiger partial charge in [-0.25, -0.2) is 0 Å². The number of anilines is 1. The fraction of sp³-hybridized carbons (Fsp3) is 0.529. The number of carbonyl (C=O) groups is 2. The molecule has 3 rings (SSSR count). The number of nitrogens with zero attached hydrogens (tertiary/aromatic N) is 2. The molecule has 2 aliphatic rings. The molecular formula is C17H22N2O3. The molecule has 118 valence electrons. The summed E-state index contributed by atoms with van der Waals surface area (Å²) in [6.45, 7) is 3.31. The molecule has 0 bridgehead atoms. The van der Waals surface area contributed by atoms with Crippen molar-refractivity contribution in [3.63, 3.8) is 0 Å². The number of likely N-dealkylation sites (tertiary alicyclic amines) is 1. The number of carbonyl (C=O) groups excluding carboxylic acids is 1. The summed E-state index contributed by atoms with van der Waals surface area (Å²) in [5, 5.41) is 9.14. The van der Waals surface area contributed by atoms with Crippen LogP contribution in [-0.4, -0.2) is 41.5 Å². The van der Waals surface area contributed by atoms with Gasteiger partial charge in [-0.05, 0) is 37.6 Å². The van der Waals surface area contributed by atoms with Gasteiger partial charge in [-0.3, -0.25) is 14.5 Å². The van der Waals surface area contributed by atoms with Gasteiger partial charge in [0.1, 0.15) is 0 Å². The van der Waals surface area contributed by atoms with E-state index in [0.717, 1.165) is 30.9 Å². The van der Waals surface area contributed by atoms with Crippen molar-refractivity contribution in [2.24, 2.45) is 5.92 Å². The third-order valence-corrected chi connectivity index (χ3v) is 4.60. The summed E-state index contributed by atoms with van der Waals surface area (Å²) < 4.78 is 0. The number of hydrogen-bond acceptors (Lipinski definition) is 3. The number of carboxylic acid groups (broad SMARTS) is 1. The van der Waals surface area contributed by atoms with Gasteiger partial charge in [-0.2, -0.15) is 0 Å². The highest BCUT2D eigenvalue weighted by Gasteiger charge is 2.35. The maximum absolute atomic E-state index is 12.2. The highest BCUT2D eigenvalue weighted by molar-refractivity contribution is 5.99. The summed E-state index contributed by atoms with van der Waals surface area (Å²) in [6, 6.07) is 7.88. The number of aliphatic carboxylic acids is 1. The number of hydrogen-bond donors (Lipinski definition) is 1. The van der Waals surface area contributed by atoms with Crippen molar-refractivity contribution in [3.8, 4) is 0 Å². The Hall–Kier alpha value is -1.88. The smallest absolute Gasteiger partial charge is 0.308 e. The van der Waals surface area contributed by atoms with E-state index in [-0.39, 0.29) is 18.9 Å². The number of rotatable bonds is 4. The lowest BCUT2D eigenvalue weighted by atomic mass is 10.1. The molecule has 0 aromatic heterocycles. The molecule has 2 fully saturated rings. The second-order valence-corrected chi connectivity index (χ2v) is 6.21. The molecule has 0 spiro atoms. The predicted octanol–water partition coefficient (Wildman–Crippen LogP) is 2.11. The summed E-state index contributed by atoms with van der Waals surface area (Å²) >= 11 is 0. The van der Waals surface area contributed by atoms with Crippen LogP contribution >= 0.6 is 0 Å². The second-order valence-electron chi connectivity index (χ2n) is 6.21. The zero-order chi connectivity index (χ0) is 15.5. The van der Waals surface area contributed by atoms with Crippen LogP contribution < -0.4 is 4.90 Å². The predicted molar refractivity (Wildman–Crippen MR) is 83.7 cm³/mol. The summed E-state index contributed by atoms with van der Waals surface area (Å²) in [5.41, 5.74) is 1.99. The van der Waals surface area contributed by atoms with Crippen LogP contribution in [0.4, 0.5) is 5.69 Å². The largest absolute Gasteiger partial charge is 0.481 e. The first-order valence-corrected chi connectivity index (χ1v) is 7.98. The van der Waals surface area contributed by atoms with Gasteiger partial charge in [0.25, 0.3) is 0 Å². The topological polar surface area (TPSA) is 60.9 Å². The molecule has 0 radical (unpaired) electrons. The van der Waals surface area contributed by atoms with Crippen molar-refractivity contribution in [1.82, 2.24) is 4.90 Å². The van der Waals surface area contributed by atoms with Crippen molar-refractivity contribution < 1.29 is 14.7 Å². The molecule has 5 nitrogen and oxygen atoms in total. The molecule has 2 heterocycles. The van der Waals surface area contributed by atoms with Gasteiger partial charge in [0.05, 0.1) is 5.92 Å². The Bertz CT molecular complexity index is 567. The van der Waals surface area contributed by atoms with Crippen LogP contribution in [0.2, 0.25) is 0 Å². The standard InChI is InChI=1S/C17H22N2O3/c20-16-10-14(17(21)22)12-19(16)15-7-3-2-6-13(15)11-18-8-4-1-5-9-18/h2-3,6-7,14H,1,4-5,8-12H2,(H,21,22). The zero-order valence-electron chi connectivity index (χ0n) is 12.7. The van der Waals surface area contributed by atoms with E-state index in [1.54, 1.807) is 4.90 Å². The molecule has 1 unspecified atom stereocenters. The molecule has 22 heavy (non-hydrogen) atoms. The van der Waals surface area contributed by atoms with Crippen molar-refractivity contribution in [3.05, 3.63) is 29.8 Å². The number of para-hydroxylation sites is 1. The first-order valence-electron chi connectivity index (χ1n) is 7.98. The lowest BCUT2D eigenvalue weighted by Gasteiger charge is -2.28. The lowest BCUT2D eigenvalue weighted by Crippen LogP contribution is -2.31. The number of carboxylic acids is 1. The van der Waals surface area contributed by atoms with Gasteiger partial charge in [0, 0.05) is 25.2 Å². The van der Waals surface area contributed by atoms with Crippen LogP contribution in [0, 0.1) is 5.92 Å². The van der Waals surface area contributed by atoms with Gasteiger partial charge in [0.15, 0.2) is 0 Å². The molecular weight excluding hydrogens is 280 g/mol. The molecule has 2 saturated heterocycles. The molecule has 2 aliphatic heterocycles. The monoisotopic (exact) mass is 302 g/mol. The Morgan fingerprint density at radius 3 is 2.59 bits per heavy atom. The quantitative estimate of drug-likeness (QED) is 0.925. The average molecular weight is 302 g/mol. The maximum atomic E-state index is 12.2. The van der Waals surface area contributed by atoms with Crippen LogP contribution in [-0.2, 0) is 16.1 Å². The van der Waals surface area contributed by atoms with Crippen LogP contribution in [0.3, 0.4) is 0 Å². The third kappa shape index (κ3) is 3.14. The van der Waals surface area contributed by atoms with Crippen molar-refractivity contribution in [2.45, 2.75) is 32.2 Å². The van der Waals surface area contributed by atoms with Crippen LogP contribution in [0.15, 0.2) is 24.3 Å². The first kappa shape index (κ1) is 15.0. The van der Waals surface area contributed by atoms with Crippen LogP contribution in [0.1, 0.15) is 31.2 Å².